The monoisotopic (exact) mass is 236 g/mol. The van der Waals surface area contributed by atoms with Gasteiger partial charge in [0.25, 0.3) is 0 Å². The number of ketones is 2. The van der Waals surface area contributed by atoms with Crippen LogP contribution in [0.25, 0.3) is 0 Å². The number of Topliss-reactive ketones (excluding diaryl/α,β-unsaturated/α-hetero) is 2. The molecule has 0 saturated heterocycles. The van der Waals surface area contributed by atoms with Crippen LogP contribution in [0.5, 0.6) is 5.75 Å². The molecule has 0 bridgehead atoms. The van der Waals surface area contributed by atoms with Gasteiger partial charge in [0.15, 0.2) is 5.78 Å². The van der Waals surface area contributed by atoms with Crippen molar-refractivity contribution >= 4 is 11.6 Å². The van der Waals surface area contributed by atoms with Gasteiger partial charge in [-0.25, -0.2) is 0 Å². The van der Waals surface area contributed by atoms with E-state index in [0.717, 1.165) is 0 Å². The van der Waals surface area contributed by atoms with Crippen LogP contribution in [0.2, 0.25) is 0 Å². The van der Waals surface area contributed by atoms with Crippen LogP contribution in [0.3, 0.4) is 0 Å². The predicted octanol–water partition coefficient (Wildman–Crippen LogP) is 1.87. The fourth-order valence-electron chi connectivity index (χ4n) is 1.36. The molecule has 0 saturated carbocycles. The molecule has 17 heavy (non-hydrogen) atoms. The fourth-order valence-corrected chi connectivity index (χ4v) is 1.36. The number of hydrogen-bond acceptors (Lipinski definition) is 4. The van der Waals surface area contributed by atoms with Crippen LogP contribution in [0.15, 0.2) is 24.3 Å². The van der Waals surface area contributed by atoms with Crippen molar-refractivity contribution in [2.45, 2.75) is 12.8 Å². The zero-order chi connectivity index (χ0) is 12.7. The van der Waals surface area contributed by atoms with Gasteiger partial charge in [-0.1, -0.05) is 0 Å². The standard InChI is InChI=1S/C13H16O4/c1-16-8-7-11(14)9-13(15)10-3-5-12(17-2)6-4-10/h3-6H,7-9H2,1-2H3. The quantitative estimate of drug-likeness (QED) is 0.535. The lowest BCUT2D eigenvalue weighted by molar-refractivity contribution is -0.119. The number of methoxy groups -OCH3 is 2. The Hall–Kier alpha value is -1.68. The SMILES string of the molecule is COCCC(=O)CC(=O)c1ccc(OC)cc1. The Bertz CT molecular complexity index is 381. The maximum Gasteiger partial charge on any atom is 0.170 e. The summed E-state index contributed by atoms with van der Waals surface area (Å²) in [6.07, 6.45) is 0.202. The highest BCUT2D eigenvalue weighted by molar-refractivity contribution is 6.07. The van der Waals surface area contributed by atoms with Gasteiger partial charge in [0, 0.05) is 19.1 Å². The Kier molecular flexibility index (Phi) is 5.36. The molecule has 0 aliphatic heterocycles. The van der Waals surface area contributed by atoms with Gasteiger partial charge in [0.05, 0.1) is 20.1 Å². The predicted molar refractivity (Wildman–Crippen MR) is 63.4 cm³/mol. The van der Waals surface area contributed by atoms with E-state index in [-0.39, 0.29) is 24.4 Å². The minimum absolute atomic E-state index is 0.0737. The van der Waals surface area contributed by atoms with E-state index < -0.39 is 0 Å². The molecule has 0 radical (unpaired) electrons. The Balaban J connectivity index is 2.54. The largest absolute Gasteiger partial charge is 0.497 e. The van der Waals surface area contributed by atoms with Crippen molar-refractivity contribution in [1.29, 1.82) is 0 Å². The number of benzene rings is 1. The molecule has 0 atom stereocenters. The lowest BCUT2D eigenvalue weighted by Gasteiger charge is -2.02. The summed E-state index contributed by atoms with van der Waals surface area (Å²) in [5.41, 5.74) is 0.525. The first-order chi connectivity index (χ1) is 8.17. The summed E-state index contributed by atoms with van der Waals surface area (Å²) in [6.45, 7) is 0.356. The highest BCUT2D eigenvalue weighted by atomic mass is 16.5. The van der Waals surface area contributed by atoms with Gasteiger partial charge in [0.1, 0.15) is 11.5 Å². The molecule has 0 unspecified atom stereocenters. The minimum Gasteiger partial charge on any atom is -0.497 e. The maximum absolute atomic E-state index is 11.7. The van der Waals surface area contributed by atoms with Gasteiger partial charge in [-0.15, -0.1) is 0 Å². The molecule has 4 heteroatoms. The van der Waals surface area contributed by atoms with Gasteiger partial charge in [-0.3, -0.25) is 9.59 Å². The summed E-state index contributed by atoms with van der Waals surface area (Å²) in [5, 5.41) is 0. The number of carbonyl (C=O) groups is 2. The average molecular weight is 236 g/mol. The van der Waals surface area contributed by atoms with Crippen LogP contribution in [0, 0.1) is 0 Å². The van der Waals surface area contributed by atoms with Crippen molar-refractivity contribution in [1.82, 2.24) is 0 Å². The molecule has 0 amide bonds. The molecule has 0 N–H and O–H groups in total. The lowest BCUT2D eigenvalue weighted by Crippen LogP contribution is -2.10. The zero-order valence-corrected chi connectivity index (χ0v) is 10.1. The van der Waals surface area contributed by atoms with Crippen LogP contribution >= 0.6 is 0 Å². The third-order valence-corrected chi connectivity index (χ3v) is 2.35. The summed E-state index contributed by atoms with van der Waals surface area (Å²) < 4.78 is 9.77. The topological polar surface area (TPSA) is 52.6 Å². The summed E-state index contributed by atoms with van der Waals surface area (Å²) in [4.78, 5) is 23.1. The smallest absolute Gasteiger partial charge is 0.170 e. The van der Waals surface area contributed by atoms with Gasteiger partial charge < -0.3 is 9.47 Å². The van der Waals surface area contributed by atoms with E-state index in [1.807, 2.05) is 0 Å². The Morgan fingerprint density at radius 3 is 2.29 bits per heavy atom. The minimum atomic E-state index is -0.172. The van der Waals surface area contributed by atoms with E-state index in [1.165, 1.54) is 7.11 Å². The summed E-state index contributed by atoms with van der Waals surface area (Å²) in [7, 11) is 3.09. The molecule has 1 aromatic rings. The molecule has 0 fully saturated rings. The van der Waals surface area contributed by atoms with E-state index in [2.05, 4.69) is 0 Å². The molecule has 0 heterocycles. The highest BCUT2D eigenvalue weighted by Gasteiger charge is 2.11. The van der Waals surface area contributed by atoms with E-state index in [9.17, 15) is 9.59 Å². The van der Waals surface area contributed by atoms with Gasteiger partial charge >= 0.3 is 0 Å². The Labute approximate surface area is 101 Å². The van der Waals surface area contributed by atoms with Crippen LogP contribution in [-0.4, -0.2) is 32.4 Å². The first-order valence-electron chi connectivity index (χ1n) is 5.35. The second-order valence-electron chi connectivity index (χ2n) is 3.61. The molecule has 92 valence electrons. The molecule has 0 spiro atoms. The molecule has 1 aromatic carbocycles. The molecular formula is C13H16O4. The normalized spacial score (nSPS) is 10.0. The summed E-state index contributed by atoms with van der Waals surface area (Å²) in [6, 6.07) is 6.72. The Morgan fingerprint density at radius 1 is 1.12 bits per heavy atom. The molecule has 0 aromatic heterocycles. The third-order valence-electron chi connectivity index (χ3n) is 2.35. The maximum atomic E-state index is 11.7. The fraction of sp³-hybridized carbons (Fsp3) is 0.385. The molecule has 4 nitrogen and oxygen atoms in total. The summed E-state index contributed by atoms with van der Waals surface area (Å²) in [5.74, 6) is 0.411. The van der Waals surface area contributed by atoms with Crippen LogP contribution in [0.1, 0.15) is 23.2 Å². The van der Waals surface area contributed by atoms with Crippen molar-refractivity contribution in [3.63, 3.8) is 0 Å². The van der Waals surface area contributed by atoms with Gasteiger partial charge in [-0.2, -0.15) is 0 Å². The van der Waals surface area contributed by atoms with Gasteiger partial charge in [0.2, 0.25) is 0 Å². The van der Waals surface area contributed by atoms with Crippen molar-refractivity contribution in [2.24, 2.45) is 0 Å². The van der Waals surface area contributed by atoms with Crippen LogP contribution in [-0.2, 0) is 9.53 Å². The molecule has 0 aliphatic carbocycles. The first kappa shape index (κ1) is 13.4. The highest BCUT2D eigenvalue weighted by Crippen LogP contribution is 2.13. The van der Waals surface area contributed by atoms with Crippen molar-refractivity contribution in [3.05, 3.63) is 29.8 Å². The van der Waals surface area contributed by atoms with Crippen LogP contribution in [0.4, 0.5) is 0 Å². The van der Waals surface area contributed by atoms with E-state index in [4.69, 9.17) is 9.47 Å². The van der Waals surface area contributed by atoms with E-state index in [1.54, 1.807) is 31.4 Å². The van der Waals surface area contributed by atoms with Crippen LogP contribution < -0.4 is 4.74 Å². The van der Waals surface area contributed by atoms with Gasteiger partial charge in [-0.05, 0) is 24.3 Å². The van der Waals surface area contributed by atoms with Crippen molar-refractivity contribution in [2.75, 3.05) is 20.8 Å². The summed E-state index contributed by atoms with van der Waals surface area (Å²) >= 11 is 0. The second kappa shape index (κ2) is 6.81. The second-order valence-corrected chi connectivity index (χ2v) is 3.61. The lowest BCUT2D eigenvalue weighted by atomic mass is 10.0. The number of ether oxygens (including phenoxy) is 2. The van der Waals surface area contributed by atoms with Crippen molar-refractivity contribution in [3.8, 4) is 5.75 Å². The van der Waals surface area contributed by atoms with E-state index >= 15 is 0 Å². The van der Waals surface area contributed by atoms with E-state index in [0.29, 0.717) is 17.9 Å². The molecule has 0 aliphatic rings. The third kappa shape index (κ3) is 4.36. The molecule has 1 rings (SSSR count). The zero-order valence-electron chi connectivity index (χ0n) is 10.1. The Morgan fingerprint density at radius 2 is 1.76 bits per heavy atom. The number of hydrogen-bond donors (Lipinski definition) is 0. The van der Waals surface area contributed by atoms with Crippen molar-refractivity contribution < 1.29 is 19.1 Å². The molecular weight excluding hydrogens is 220 g/mol. The first-order valence-corrected chi connectivity index (χ1v) is 5.35. The number of rotatable bonds is 7. The number of carbonyl (C=O) groups excluding carboxylic acids is 2. The average Bonchev–Trinajstić information content (AvgIpc) is 2.36.